The van der Waals surface area contributed by atoms with Gasteiger partial charge in [0, 0.05) is 31.2 Å². The molecule has 2 aliphatic rings. The molecule has 1 N–H and O–H groups in total. The van der Waals surface area contributed by atoms with Crippen molar-refractivity contribution in [1.29, 1.82) is 0 Å². The molecule has 0 aromatic carbocycles. The zero-order chi connectivity index (χ0) is 13.7. The first kappa shape index (κ1) is 15.3. The summed E-state index contributed by atoms with van der Waals surface area (Å²) in [6, 6.07) is 2.00. The van der Waals surface area contributed by atoms with Crippen molar-refractivity contribution in [3.05, 3.63) is 0 Å². The number of ether oxygens (including phenoxy) is 1. The maximum atomic E-state index is 5.97. The molecule has 2 fully saturated rings. The van der Waals surface area contributed by atoms with Crippen molar-refractivity contribution in [2.45, 2.75) is 83.5 Å². The van der Waals surface area contributed by atoms with Gasteiger partial charge >= 0.3 is 0 Å². The van der Waals surface area contributed by atoms with Gasteiger partial charge in [-0.15, -0.1) is 0 Å². The van der Waals surface area contributed by atoms with Gasteiger partial charge in [0.05, 0.1) is 12.7 Å². The number of nitrogens with one attached hydrogen (secondary N) is 1. The van der Waals surface area contributed by atoms with Crippen LogP contribution in [-0.2, 0) is 4.74 Å². The van der Waals surface area contributed by atoms with E-state index in [0.29, 0.717) is 24.2 Å². The third-order valence-corrected chi connectivity index (χ3v) is 5.03. The first-order valence-electron chi connectivity index (χ1n) is 8.37. The first-order valence-corrected chi connectivity index (χ1v) is 8.37. The summed E-state index contributed by atoms with van der Waals surface area (Å²) >= 11 is 0. The molecule has 19 heavy (non-hydrogen) atoms. The fraction of sp³-hybridized carbons (Fsp3) is 1.00. The molecule has 1 saturated carbocycles. The Labute approximate surface area is 119 Å². The fourth-order valence-electron chi connectivity index (χ4n) is 3.71. The summed E-state index contributed by atoms with van der Waals surface area (Å²) in [5, 5.41) is 3.73. The summed E-state index contributed by atoms with van der Waals surface area (Å²) in [6.45, 7) is 10.1. The molecule has 0 bridgehead atoms. The number of nitrogens with zero attached hydrogens (tertiary/aromatic N) is 1. The predicted octanol–water partition coefficient (Wildman–Crippen LogP) is 2.80. The van der Waals surface area contributed by atoms with Gasteiger partial charge in [-0.3, -0.25) is 4.90 Å². The van der Waals surface area contributed by atoms with E-state index in [-0.39, 0.29) is 0 Å². The molecule has 1 aliphatic heterocycles. The van der Waals surface area contributed by atoms with Crippen molar-refractivity contribution in [2.24, 2.45) is 0 Å². The van der Waals surface area contributed by atoms with Crippen molar-refractivity contribution >= 4 is 0 Å². The van der Waals surface area contributed by atoms with E-state index < -0.39 is 0 Å². The van der Waals surface area contributed by atoms with Crippen molar-refractivity contribution in [3.63, 3.8) is 0 Å². The summed E-state index contributed by atoms with van der Waals surface area (Å²) in [6.07, 6.45) is 8.33. The lowest BCUT2D eigenvalue weighted by Crippen LogP contribution is -2.57. The summed E-state index contributed by atoms with van der Waals surface area (Å²) < 4.78 is 5.97. The van der Waals surface area contributed by atoms with E-state index in [0.717, 1.165) is 19.7 Å². The van der Waals surface area contributed by atoms with Gasteiger partial charge < -0.3 is 10.1 Å². The van der Waals surface area contributed by atoms with E-state index in [1.54, 1.807) is 0 Å². The molecule has 3 atom stereocenters. The van der Waals surface area contributed by atoms with Crippen molar-refractivity contribution in [3.8, 4) is 0 Å². The van der Waals surface area contributed by atoms with Crippen LogP contribution >= 0.6 is 0 Å². The van der Waals surface area contributed by atoms with Gasteiger partial charge in [-0.25, -0.2) is 0 Å². The molecule has 3 nitrogen and oxygen atoms in total. The van der Waals surface area contributed by atoms with Crippen molar-refractivity contribution in [2.75, 3.05) is 19.7 Å². The van der Waals surface area contributed by atoms with Crippen LogP contribution in [0.15, 0.2) is 0 Å². The minimum Gasteiger partial charge on any atom is -0.375 e. The van der Waals surface area contributed by atoms with E-state index >= 15 is 0 Å². The third kappa shape index (κ3) is 3.93. The lowest BCUT2D eigenvalue weighted by Gasteiger charge is -2.46. The molecule has 0 amide bonds. The highest BCUT2D eigenvalue weighted by atomic mass is 16.5. The second kappa shape index (κ2) is 7.61. The Hall–Kier alpha value is -0.120. The summed E-state index contributed by atoms with van der Waals surface area (Å²) in [4.78, 5) is 2.71. The van der Waals surface area contributed by atoms with Gasteiger partial charge in [0.25, 0.3) is 0 Å². The van der Waals surface area contributed by atoms with Crippen LogP contribution in [0.2, 0.25) is 0 Å². The zero-order valence-electron chi connectivity index (χ0n) is 13.0. The maximum absolute atomic E-state index is 5.97. The van der Waals surface area contributed by atoms with Gasteiger partial charge in [-0.05, 0) is 32.6 Å². The summed E-state index contributed by atoms with van der Waals surface area (Å²) in [5.74, 6) is 0. The molecular weight excluding hydrogens is 236 g/mol. The fourth-order valence-corrected chi connectivity index (χ4v) is 3.71. The van der Waals surface area contributed by atoms with Crippen molar-refractivity contribution < 1.29 is 4.74 Å². The molecule has 3 heteroatoms. The molecule has 0 aromatic rings. The van der Waals surface area contributed by atoms with Crippen LogP contribution in [0.5, 0.6) is 0 Å². The normalized spacial score (nSPS) is 30.3. The van der Waals surface area contributed by atoms with Crippen LogP contribution in [0.3, 0.4) is 0 Å². The Bertz CT molecular complexity index is 253. The molecule has 0 radical (unpaired) electrons. The maximum Gasteiger partial charge on any atom is 0.0731 e. The molecule has 1 aliphatic carbocycles. The first-order chi connectivity index (χ1) is 9.26. The lowest BCUT2D eigenvalue weighted by molar-refractivity contribution is -0.0999. The Morgan fingerprint density at radius 2 is 1.95 bits per heavy atom. The molecule has 112 valence electrons. The zero-order valence-corrected chi connectivity index (χ0v) is 13.0. The smallest absolute Gasteiger partial charge is 0.0731 e. The number of rotatable bonds is 6. The van der Waals surface area contributed by atoms with Crippen LogP contribution in [0.4, 0.5) is 0 Å². The van der Waals surface area contributed by atoms with Crippen LogP contribution in [0.25, 0.3) is 0 Å². The highest BCUT2D eigenvalue weighted by molar-refractivity contribution is 4.90. The topological polar surface area (TPSA) is 24.5 Å². The van der Waals surface area contributed by atoms with E-state index in [1.807, 2.05) is 0 Å². The second-order valence-electron chi connectivity index (χ2n) is 6.27. The highest BCUT2D eigenvalue weighted by Crippen LogP contribution is 2.29. The SMILES string of the molecule is CCC(CC)NCC(C)N1CCOC2CCCCC21. The molecular formula is C16H32N2O. The second-order valence-corrected chi connectivity index (χ2v) is 6.27. The Morgan fingerprint density at radius 3 is 2.68 bits per heavy atom. The highest BCUT2D eigenvalue weighted by Gasteiger charge is 2.36. The largest absolute Gasteiger partial charge is 0.375 e. The van der Waals surface area contributed by atoms with Crippen molar-refractivity contribution in [1.82, 2.24) is 10.2 Å². The van der Waals surface area contributed by atoms with Gasteiger partial charge in [0.15, 0.2) is 0 Å². The number of morpholine rings is 1. The van der Waals surface area contributed by atoms with Gasteiger partial charge in [0.1, 0.15) is 0 Å². The van der Waals surface area contributed by atoms with Crippen LogP contribution in [0, 0.1) is 0 Å². The molecule has 0 spiro atoms. The molecule has 2 rings (SSSR count). The van der Waals surface area contributed by atoms with Crippen LogP contribution in [0.1, 0.15) is 59.3 Å². The molecule has 0 aromatic heterocycles. The van der Waals surface area contributed by atoms with E-state index in [4.69, 9.17) is 4.74 Å². The average molecular weight is 268 g/mol. The molecule has 3 unspecified atom stereocenters. The number of fused-ring (bicyclic) bond motifs is 1. The summed E-state index contributed by atoms with van der Waals surface area (Å²) in [5.41, 5.74) is 0. The predicted molar refractivity (Wildman–Crippen MR) is 80.5 cm³/mol. The Kier molecular flexibility index (Phi) is 6.11. The molecule has 1 heterocycles. The minimum atomic E-state index is 0.512. The Balaban J connectivity index is 1.84. The standard InChI is InChI=1S/C16H32N2O/c1-4-14(5-2)17-12-13(3)18-10-11-19-16-9-7-6-8-15(16)18/h13-17H,4-12H2,1-3H3. The van der Waals surface area contributed by atoms with E-state index in [9.17, 15) is 0 Å². The van der Waals surface area contributed by atoms with E-state index in [1.165, 1.54) is 38.5 Å². The summed E-state index contributed by atoms with van der Waals surface area (Å²) in [7, 11) is 0. The third-order valence-electron chi connectivity index (χ3n) is 5.03. The monoisotopic (exact) mass is 268 g/mol. The quantitative estimate of drug-likeness (QED) is 0.801. The Morgan fingerprint density at radius 1 is 1.21 bits per heavy atom. The van der Waals surface area contributed by atoms with Gasteiger partial charge in [-0.1, -0.05) is 26.7 Å². The number of hydrogen-bond donors (Lipinski definition) is 1. The average Bonchev–Trinajstić information content (AvgIpc) is 2.47. The van der Waals surface area contributed by atoms with Crippen LogP contribution in [-0.4, -0.2) is 48.8 Å². The number of hydrogen-bond acceptors (Lipinski definition) is 3. The van der Waals surface area contributed by atoms with Gasteiger partial charge in [0.2, 0.25) is 0 Å². The minimum absolute atomic E-state index is 0.512. The lowest BCUT2D eigenvalue weighted by atomic mass is 9.89. The van der Waals surface area contributed by atoms with Gasteiger partial charge in [-0.2, -0.15) is 0 Å². The van der Waals surface area contributed by atoms with E-state index in [2.05, 4.69) is 31.0 Å². The van der Waals surface area contributed by atoms with Crippen LogP contribution < -0.4 is 5.32 Å². The molecule has 1 saturated heterocycles.